The van der Waals surface area contributed by atoms with E-state index < -0.39 is 5.97 Å². The van der Waals surface area contributed by atoms with Crippen LogP contribution >= 0.6 is 0 Å². The summed E-state index contributed by atoms with van der Waals surface area (Å²) in [5, 5.41) is 16.8. The van der Waals surface area contributed by atoms with Crippen molar-refractivity contribution in [3.05, 3.63) is 0 Å². The second-order valence-electron chi connectivity index (χ2n) is 5.30. The maximum Gasteiger partial charge on any atom is 0.303 e. The van der Waals surface area contributed by atoms with Gasteiger partial charge in [0.15, 0.2) is 5.66 Å². The summed E-state index contributed by atoms with van der Waals surface area (Å²) in [6, 6.07) is 0. The fourth-order valence-electron chi connectivity index (χ4n) is 2.28. The van der Waals surface area contributed by atoms with Gasteiger partial charge in [0.2, 0.25) is 0 Å². The highest BCUT2D eigenvalue weighted by Crippen LogP contribution is 2.38. The van der Waals surface area contributed by atoms with Crippen molar-refractivity contribution >= 4 is 5.97 Å². The Balaban J connectivity index is 1.93. The van der Waals surface area contributed by atoms with Gasteiger partial charge in [0.1, 0.15) is 0 Å². The molecule has 1 aliphatic rings. The summed E-state index contributed by atoms with van der Waals surface area (Å²) >= 11 is 0. The summed E-state index contributed by atoms with van der Waals surface area (Å²) in [4.78, 5) is 10.4. The van der Waals surface area contributed by atoms with Gasteiger partial charge in [-0.05, 0) is 25.7 Å². The SMILES string of the molecule is CCCCCCCCCC1(CCCC(=O)O)N=N1. The van der Waals surface area contributed by atoms with E-state index in [2.05, 4.69) is 17.2 Å². The van der Waals surface area contributed by atoms with Crippen LogP contribution in [0.15, 0.2) is 10.2 Å². The van der Waals surface area contributed by atoms with Crippen LogP contribution in [0.3, 0.4) is 0 Å². The summed E-state index contributed by atoms with van der Waals surface area (Å²) in [6.45, 7) is 2.23. The Morgan fingerprint density at radius 2 is 1.50 bits per heavy atom. The zero-order valence-corrected chi connectivity index (χ0v) is 11.5. The topological polar surface area (TPSA) is 62.0 Å². The first-order valence-corrected chi connectivity index (χ1v) is 7.34. The lowest BCUT2D eigenvalue weighted by Gasteiger charge is -2.09. The molecule has 0 saturated heterocycles. The number of hydrogen-bond donors (Lipinski definition) is 1. The Bertz CT molecular complexity index is 271. The van der Waals surface area contributed by atoms with Crippen molar-refractivity contribution in [2.45, 2.75) is 83.2 Å². The number of aliphatic carboxylic acids is 1. The minimum Gasteiger partial charge on any atom is -0.481 e. The molecular weight excluding hydrogens is 228 g/mol. The van der Waals surface area contributed by atoms with E-state index in [-0.39, 0.29) is 12.1 Å². The predicted octanol–water partition coefficient (Wildman–Crippen LogP) is 4.54. The van der Waals surface area contributed by atoms with Gasteiger partial charge in [0.05, 0.1) is 0 Å². The highest BCUT2D eigenvalue weighted by Gasteiger charge is 2.38. The molecule has 18 heavy (non-hydrogen) atoms. The van der Waals surface area contributed by atoms with Gasteiger partial charge in [-0.2, -0.15) is 10.2 Å². The van der Waals surface area contributed by atoms with Crippen LogP contribution in [0.25, 0.3) is 0 Å². The van der Waals surface area contributed by atoms with Gasteiger partial charge in [0, 0.05) is 6.42 Å². The van der Waals surface area contributed by atoms with E-state index in [9.17, 15) is 4.79 Å². The van der Waals surface area contributed by atoms with Crippen molar-refractivity contribution in [1.82, 2.24) is 0 Å². The largest absolute Gasteiger partial charge is 0.481 e. The Hall–Kier alpha value is -0.930. The summed E-state index contributed by atoms with van der Waals surface area (Å²) in [7, 11) is 0. The summed E-state index contributed by atoms with van der Waals surface area (Å²) in [5.74, 6) is -0.721. The smallest absolute Gasteiger partial charge is 0.303 e. The van der Waals surface area contributed by atoms with Crippen LogP contribution in [-0.2, 0) is 4.79 Å². The van der Waals surface area contributed by atoms with Crippen LogP contribution in [0, 0.1) is 0 Å². The Labute approximate surface area is 110 Å². The second-order valence-corrected chi connectivity index (χ2v) is 5.30. The number of unbranched alkanes of at least 4 members (excludes halogenated alkanes) is 6. The summed E-state index contributed by atoms with van der Waals surface area (Å²) < 4.78 is 0. The maximum atomic E-state index is 10.4. The first-order chi connectivity index (χ1) is 8.68. The molecule has 0 amide bonds. The predicted molar refractivity (Wildman–Crippen MR) is 71.7 cm³/mol. The Morgan fingerprint density at radius 1 is 0.944 bits per heavy atom. The minimum atomic E-state index is -0.721. The highest BCUT2D eigenvalue weighted by molar-refractivity contribution is 5.66. The molecule has 1 aliphatic heterocycles. The van der Waals surface area contributed by atoms with Crippen LogP contribution in [0.2, 0.25) is 0 Å². The van der Waals surface area contributed by atoms with E-state index in [4.69, 9.17) is 5.11 Å². The maximum absolute atomic E-state index is 10.4. The fraction of sp³-hybridized carbons (Fsp3) is 0.929. The third-order valence-electron chi connectivity index (χ3n) is 3.53. The van der Waals surface area contributed by atoms with Gasteiger partial charge < -0.3 is 5.11 Å². The van der Waals surface area contributed by atoms with Crippen LogP contribution in [0.5, 0.6) is 0 Å². The average Bonchev–Trinajstić information content (AvgIpc) is 3.08. The lowest BCUT2D eigenvalue weighted by Crippen LogP contribution is -2.11. The molecule has 4 nitrogen and oxygen atoms in total. The van der Waals surface area contributed by atoms with Gasteiger partial charge in [-0.15, -0.1) is 0 Å². The molecule has 4 heteroatoms. The molecule has 0 aromatic rings. The Kier molecular flexibility index (Phi) is 6.91. The zero-order valence-electron chi connectivity index (χ0n) is 11.5. The van der Waals surface area contributed by atoms with Crippen molar-refractivity contribution in [2.24, 2.45) is 10.2 Å². The molecule has 0 saturated carbocycles. The van der Waals surface area contributed by atoms with Crippen LogP contribution in [0.4, 0.5) is 0 Å². The third-order valence-corrected chi connectivity index (χ3v) is 3.53. The summed E-state index contributed by atoms with van der Waals surface area (Å²) in [6.07, 6.45) is 11.8. The number of carbonyl (C=O) groups is 1. The molecule has 0 aromatic heterocycles. The van der Waals surface area contributed by atoms with E-state index in [0.29, 0.717) is 6.42 Å². The van der Waals surface area contributed by atoms with E-state index in [1.165, 1.54) is 44.9 Å². The van der Waals surface area contributed by atoms with Crippen molar-refractivity contribution in [3.8, 4) is 0 Å². The molecular formula is C14H26N2O2. The molecule has 1 N–H and O–H groups in total. The molecule has 0 bridgehead atoms. The van der Waals surface area contributed by atoms with Crippen LogP contribution in [-0.4, -0.2) is 16.7 Å². The monoisotopic (exact) mass is 254 g/mol. The molecule has 0 aliphatic carbocycles. The molecule has 0 spiro atoms. The van der Waals surface area contributed by atoms with E-state index in [1.54, 1.807) is 0 Å². The number of nitrogens with zero attached hydrogens (tertiary/aromatic N) is 2. The average molecular weight is 254 g/mol. The quantitative estimate of drug-likeness (QED) is 0.519. The molecule has 0 fully saturated rings. The van der Waals surface area contributed by atoms with E-state index >= 15 is 0 Å². The zero-order chi connectivity index (χ0) is 13.3. The molecule has 0 unspecified atom stereocenters. The normalized spacial score (nSPS) is 15.8. The van der Waals surface area contributed by atoms with Crippen LogP contribution in [0.1, 0.15) is 77.6 Å². The lowest BCUT2D eigenvalue weighted by molar-refractivity contribution is -0.137. The number of carboxylic acid groups (broad SMARTS) is 1. The molecule has 1 heterocycles. The standard InChI is InChI=1S/C14H26N2O2/c1-2-3-4-5-6-7-8-11-14(15-16-14)12-9-10-13(17)18/h2-12H2,1H3,(H,17,18). The number of carboxylic acids is 1. The number of rotatable bonds is 12. The molecule has 104 valence electrons. The fourth-order valence-corrected chi connectivity index (χ4v) is 2.28. The van der Waals surface area contributed by atoms with Gasteiger partial charge in [-0.3, -0.25) is 4.79 Å². The first-order valence-electron chi connectivity index (χ1n) is 7.34. The third kappa shape index (κ3) is 6.72. The van der Waals surface area contributed by atoms with E-state index in [1.807, 2.05) is 0 Å². The van der Waals surface area contributed by atoms with Crippen molar-refractivity contribution in [1.29, 1.82) is 0 Å². The molecule has 1 rings (SSSR count). The van der Waals surface area contributed by atoms with E-state index in [0.717, 1.165) is 12.8 Å². The van der Waals surface area contributed by atoms with Crippen molar-refractivity contribution in [2.75, 3.05) is 0 Å². The molecule has 0 radical (unpaired) electrons. The lowest BCUT2D eigenvalue weighted by atomic mass is 9.98. The minimum absolute atomic E-state index is 0.182. The highest BCUT2D eigenvalue weighted by atomic mass is 16.4. The molecule has 0 atom stereocenters. The van der Waals surface area contributed by atoms with Gasteiger partial charge in [-0.1, -0.05) is 45.4 Å². The summed E-state index contributed by atoms with van der Waals surface area (Å²) in [5.41, 5.74) is -0.182. The molecule has 0 aromatic carbocycles. The van der Waals surface area contributed by atoms with Crippen LogP contribution < -0.4 is 0 Å². The Morgan fingerprint density at radius 3 is 2.06 bits per heavy atom. The second kappa shape index (κ2) is 8.22. The van der Waals surface area contributed by atoms with Gasteiger partial charge in [0.25, 0.3) is 0 Å². The van der Waals surface area contributed by atoms with Gasteiger partial charge >= 0.3 is 5.97 Å². The first kappa shape index (κ1) is 15.1. The van der Waals surface area contributed by atoms with Crippen molar-refractivity contribution in [3.63, 3.8) is 0 Å². The number of hydrogen-bond acceptors (Lipinski definition) is 3. The van der Waals surface area contributed by atoms with Gasteiger partial charge in [-0.25, -0.2) is 0 Å². The van der Waals surface area contributed by atoms with Crippen molar-refractivity contribution < 1.29 is 9.90 Å².